The summed E-state index contributed by atoms with van der Waals surface area (Å²) in [6.45, 7) is 14.0. The third kappa shape index (κ3) is 8.44. The predicted molar refractivity (Wildman–Crippen MR) is 202 cm³/mol. The van der Waals surface area contributed by atoms with Crippen LogP contribution in [0.5, 0.6) is 5.75 Å². The van der Waals surface area contributed by atoms with Crippen LogP contribution in [0.2, 0.25) is 0 Å². The molecule has 13 heteroatoms. The van der Waals surface area contributed by atoms with Crippen LogP contribution in [0.25, 0.3) is 0 Å². The topological polar surface area (TPSA) is 168 Å². The van der Waals surface area contributed by atoms with Crippen LogP contribution in [0.3, 0.4) is 0 Å². The molecule has 1 aromatic carbocycles. The van der Waals surface area contributed by atoms with E-state index >= 15 is 0 Å². The van der Waals surface area contributed by atoms with Gasteiger partial charge in [-0.3, -0.25) is 29.0 Å². The summed E-state index contributed by atoms with van der Waals surface area (Å²) in [5, 5.41) is 13.1. The molecule has 2 aliphatic carbocycles. The van der Waals surface area contributed by atoms with Crippen molar-refractivity contribution in [2.45, 2.75) is 129 Å². The monoisotopic (exact) mass is 742 g/mol. The number of oxime groups is 1. The van der Waals surface area contributed by atoms with Crippen LogP contribution in [-0.4, -0.2) is 87.9 Å². The Kier molecular flexibility index (Phi) is 11.2. The van der Waals surface area contributed by atoms with Gasteiger partial charge in [-0.2, -0.15) is 0 Å². The highest BCUT2D eigenvalue weighted by atomic mass is 16.7. The Morgan fingerprint density at radius 3 is 2.37 bits per heavy atom. The number of aromatic nitrogens is 1. The van der Waals surface area contributed by atoms with Crippen molar-refractivity contribution in [1.82, 2.24) is 25.8 Å². The van der Waals surface area contributed by atoms with Gasteiger partial charge in [-0.05, 0) is 87.3 Å². The van der Waals surface area contributed by atoms with E-state index in [-0.39, 0.29) is 43.2 Å². The first kappa shape index (κ1) is 38.9. The average molecular weight is 743 g/mol. The number of aryl methyl sites for hydroxylation is 2. The molecular weight excluding hydrogens is 688 g/mol. The lowest BCUT2D eigenvalue weighted by molar-refractivity contribution is -0.145. The van der Waals surface area contributed by atoms with Crippen LogP contribution in [0.4, 0.5) is 0 Å². The number of hydrogen-bond acceptors (Lipinski definition) is 9. The number of nitrogens with zero attached hydrogens (tertiary/aromatic N) is 3. The van der Waals surface area contributed by atoms with Crippen LogP contribution in [0.1, 0.15) is 108 Å². The molecule has 4 amide bonds. The minimum absolute atomic E-state index is 0.0155. The Labute approximate surface area is 317 Å². The molecule has 2 saturated carbocycles. The van der Waals surface area contributed by atoms with Crippen molar-refractivity contribution in [2.75, 3.05) is 13.2 Å². The second-order valence-electron chi connectivity index (χ2n) is 16.5. The number of amides is 4. The van der Waals surface area contributed by atoms with E-state index < -0.39 is 52.6 Å². The lowest BCUT2D eigenvalue weighted by Crippen LogP contribution is -2.59. The number of rotatable bonds is 14. The molecule has 1 saturated heterocycles. The van der Waals surface area contributed by atoms with Crippen molar-refractivity contribution < 1.29 is 33.5 Å². The van der Waals surface area contributed by atoms with E-state index in [1.807, 2.05) is 78.8 Å². The summed E-state index contributed by atoms with van der Waals surface area (Å²) >= 11 is 0. The summed E-state index contributed by atoms with van der Waals surface area (Å²) in [7, 11) is 0. The van der Waals surface area contributed by atoms with Crippen molar-refractivity contribution in [3.05, 3.63) is 58.9 Å². The standard InChI is InChI=1S/C41H54N6O7/c1-8-12-30(33(48)38(51)43-26-14-15-26)44-37(50)32-21-41(20-31(46-54-41)25-17-23(3)34(53-9-2)24(4)18-25)22-47(32)39(52)35(40(5,6)7)45-36(49)28-19-27(28)29-13-10-11-16-42-29/h10-11,13,16-18,26-28,30,32,35H,8-9,12,14-15,19-22H2,1-7H3,(H,43,51)(H,44,50)(H,45,49)/t27-,28-,30-,32-,35+,41+/m0/s1. The van der Waals surface area contributed by atoms with Crippen LogP contribution in [-0.2, 0) is 28.8 Å². The highest BCUT2D eigenvalue weighted by Gasteiger charge is 2.56. The Balaban J connectivity index is 1.25. The largest absolute Gasteiger partial charge is 0.493 e. The molecule has 290 valence electrons. The summed E-state index contributed by atoms with van der Waals surface area (Å²) in [6.07, 6.45) is 5.21. The molecule has 1 aromatic heterocycles. The van der Waals surface area contributed by atoms with Gasteiger partial charge in [-0.15, -0.1) is 0 Å². The maximum absolute atomic E-state index is 14.8. The van der Waals surface area contributed by atoms with E-state index in [1.165, 1.54) is 4.90 Å². The summed E-state index contributed by atoms with van der Waals surface area (Å²) in [5.74, 6) is -2.20. The first-order valence-electron chi connectivity index (χ1n) is 19.3. The SMILES string of the molecule is CCC[C@H](NC(=O)[C@@H]1C[C@]2(CC(c3cc(C)c(OCC)c(C)c3)=NO2)CN1C(=O)[C@@H](NC(=O)[C@H]1C[C@@H]1c1ccccn1)C(C)(C)C)C(=O)C(=O)NC1CC1. The molecule has 2 aromatic rings. The Morgan fingerprint density at radius 2 is 1.76 bits per heavy atom. The predicted octanol–water partition coefficient (Wildman–Crippen LogP) is 4.03. The molecule has 0 unspecified atom stereocenters. The molecule has 13 nitrogen and oxygen atoms in total. The summed E-state index contributed by atoms with van der Waals surface area (Å²) in [6, 6.07) is 6.51. The molecular formula is C41H54N6O7. The quantitative estimate of drug-likeness (QED) is 0.244. The Morgan fingerprint density at radius 1 is 1.04 bits per heavy atom. The zero-order valence-corrected chi connectivity index (χ0v) is 32.5. The fourth-order valence-electron chi connectivity index (χ4n) is 7.71. The molecule has 4 aliphatic rings. The molecule has 3 heterocycles. The van der Waals surface area contributed by atoms with Gasteiger partial charge >= 0.3 is 0 Å². The zero-order valence-electron chi connectivity index (χ0n) is 32.5. The Hall–Kier alpha value is -4.81. The number of carbonyl (C=O) groups is 5. The average Bonchev–Trinajstić information content (AvgIpc) is 4.05. The van der Waals surface area contributed by atoms with Gasteiger partial charge in [0, 0.05) is 48.2 Å². The molecule has 3 N–H and O–H groups in total. The number of hydrogen-bond donors (Lipinski definition) is 3. The summed E-state index contributed by atoms with van der Waals surface area (Å²) in [5.41, 5.74) is 2.53. The van der Waals surface area contributed by atoms with Crippen molar-refractivity contribution in [3.8, 4) is 5.75 Å². The second kappa shape index (κ2) is 15.5. The molecule has 6 rings (SSSR count). The molecule has 0 radical (unpaired) electrons. The minimum Gasteiger partial charge on any atom is -0.493 e. The number of Topliss-reactive ketones (excluding diaryl/α,β-unsaturated/α-hetero) is 1. The number of benzene rings is 1. The van der Waals surface area contributed by atoms with Gasteiger partial charge in [0.2, 0.25) is 23.5 Å². The third-order valence-corrected chi connectivity index (χ3v) is 10.8. The van der Waals surface area contributed by atoms with Crippen LogP contribution < -0.4 is 20.7 Å². The van der Waals surface area contributed by atoms with E-state index in [4.69, 9.17) is 9.57 Å². The van der Waals surface area contributed by atoms with Crippen LogP contribution in [0, 0.1) is 25.2 Å². The lowest BCUT2D eigenvalue weighted by Gasteiger charge is -2.35. The number of carbonyl (C=O) groups excluding carboxylic acids is 5. The van der Waals surface area contributed by atoms with E-state index in [2.05, 4.69) is 26.1 Å². The summed E-state index contributed by atoms with van der Waals surface area (Å²) in [4.78, 5) is 80.9. The van der Waals surface area contributed by atoms with Gasteiger partial charge < -0.3 is 30.4 Å². The zero-order chi connectivity index (χ0) is 38.9. The molecule has 6 atom stereocenters. The molecule has 54 heavy (non-hydrogen) atoms. The maximum Gasteiger partial charge on any atom is 0.289 e. The van der Waals surface area contributed by atoms with Crippen molar-refractivity contribution in [3.63, 3.8) is 0 Å². The highest BCUT2D eigenvalue weighted by Crippen LogP contribution is 2.47. The number of nitrogens with one attached hydrogen (secondary N) is 3. The van der Waals surface area contributed by atoms with E-state index in [1.54, 1.807) is 6.20 Å². The highest BCUT2D eigenvalue weighted by molar-refractivity contribution is 6.38. The fraction of sp³-hybridized carbons (Fsp3) is 0.585. The second-order valence-corrected chi connectivity index (χ2v) is 16.5. The molecule has 3 fully saturated rings. The van der Waals surface area contributed by atoms with Gasteiger partial charge in [0.05, 0.1) is 24.9 Å². The maximum atomic E-state index is 14.8. The van der Waals surface area contributed by atoms with Crippen molar-refractivity contribution in [1.29, 1.82) is 0 Å². The molecule has 0 bridgehead atoms. The van der Waals surface area contributed by atoms with Gasteiger partial charge in [-0.1, -0.05) is 45.3 Å². The van der Waals surface area contributed by atoms with Gasteiger partial charge in [-0.25, -0.2) is 0 Å². The number of pyridine rings is 1. The van der Waals surface area contributed by atoms with Crippen molar-refractivity contribution in [2.24, 2.45) is 16.5 Å². The van der Waals surface area contributed by atoms with Gasteiger partial charge in [0.15, 0.2) is 5.60 Å². The van der Waals surface area contributed by atoms with Crippen molar-refractivity contribution >= 4 is 35.1 Å². The normalized spacial score (nSPS) is 24.2. The smallest absolute Gasteiger partial charge is 0.289 e. The summed E-state index contributed by atoms with van der Waals surface area (Å²) < 4.78 is 5.84. The number of ether oxygens (including phenoxy) is 1. The third-order valence-electron chi connectivity index (χ3n) is 10.8. The van der Waals surface area contributed by atoms with Gasteiger partial charge in [0.1, 0.15) is 17.8 Å². The fourth-order valence-corrected chi connectivity index (χ4v) is 7.71. The minimum atomic E-state index is -1.06. The number of ketones is 1. The lowest BCUT2D eigenvalue weighted by atomic mass is 9.85. The van der Waals surface area contributed by atoms with E-state index in [9.17, 15) is 24.0 Å². The van der Waals surface area contributed by atoms with Crippen LogP contribution >= 0.6 is 0 Å². The van der Waals surface area contributed by atoms with Crippen LogP contribution in [0.15, 0.2) is 41.7 Å². The molecule has 1 spiro atoms. The van der Waals surface area contributed by atoms with E-state index in [0.29, 0.717) is 31.6 Å². The first-order valence-corrected chi connectivity index (χ1v) is 19.3. The van der Waals surface area contributed by atoms with Gasteiger partial charge in [0.25, 0.3) is 5.91 Å². The Bertz CT molecular complexity index is 1800. The number of likely N-dealkylation sites (tertiary alicyclic amines) is 1. The first-order chi connectivity index (χ1) is 25.6. The molecule has 2 aliphatic heterocycles. The van der Waals surface area contributed by atoms with E-state index in [0.717, 1.165) is 41.0 Å².